The maximum Gasteiger partial charge on any atom is 0.0847 e. The molecule has 1 heterocycles. The van der Waals surface area contributed by atoms with Gasteiger partial charge >= 0.3 is 0 Å². The highest BCUT2D eigenvalue weighted by Gasteiger charge is 2.19. The van der Waals surface area contributed by atoms with Gasteiger partial charge in [-0.2, -0.15) is 5.10 Å². The number of halogens is 1. The zero-order chi connectivity index (χ0) is 13.0. The molecule has 0 bridgehead atoms. The van der Waals surface area contributed by atoms with Crippen molar-refractivity contribution in [2.24, 2.45) is 11.8 Å². The van der Waals surface area contributed by atoms with Crippen molar-refractivity contribution in [1.82, 2.24) is 15.1 Å². The summed E-state index contributed by atoms with van der Waals surface area (Å²) in [5, 5.41) is 8.57. The Labute approximate surface area is 110 Å². The molecule has 1 aromatic rings. The van der Waals surface area contributed by atoms with E-state index in [1.165, 1.54) is 5.69 Å². The van der Waals surface area contributed by atoms with E-state index in [0.717, 1.165) is 30.2 Å². The lowest BCUT2D eigenvalue weighted by Crippen LogP contribution is -2.26. The van der Waals surface area contributed by atoms with Crippen LogP contribution in [-0.4, -0.2) is 23.4 Å². The minimum Gasteiger partial charge on any atom is -0.319 e. The molecule has 0 radical (unpaired) electrons. The molecule has 4 heteroatoms. The smallest absolute Gasteiger partial charge is 0.0847 e. The van der Waals surface area contributed by atoms with Crippen molar-refractivity contribution in [3.63, 3.8) is 0 Å². The van der Waals surface area contributed by atoms with Crippen molar-refractivity contribution >= 4 is 11.6 Å². The van der Waals surface area contributed by atoms with Crippen LogP contribution >= 0.6 is 11.6 Å². The molecule has 0 fully saturated rings. The predicted octanol–water partition coefficient (Wildman–Crippen LogP) is 2.90. The van der Waals surface area contributed by atoms with E-state index in [1.807, 2.05) is 18.7 Å². The first-order valence-electron chi connectivity index (χ1n) is 6.37. The van der Waals surface area contributed by atoms with Gasteiger partial charge in [-0.25, -0.2) is 0 Å². The molecule has 17 heavy (non-hydrogen) atoms. The van der Waals surface area contributed by atoms with Crippen LogP contribution in [0.15, 0.2) is 0 Å². The Bertz CT molecular complexity index is 358. The summed E-state index contributed by atoms with van der Waals surface area (Å²) in [6.45, 7) is 10.5. The van der Waals surface area contributed by atoms with Gasteiger partial charge in [0.05, 0.1) is 16.4 Å². The van der Waals surface area contributed by atoms with Crippen molar-refractivity contribution in [2.75, 3.05) is 13.6 Å². The third kappa shape index (κ3) is 3.46. The molecule has 0 spiro atoms. The van der Waals surface area contributed by atoms with E-state index in [-0.39, 0.29) is 0 Å². The van der Waals surface area contributed by atoms with Gasteiger partial charge in [-0.05, 0) is 45.7 Å². The van der Waals surface area contributed by atoms with Crippen LogP contribution in [0.4, 0.5) is 0 Å². The Balaban J connectivity index is 2.91. The Morgan fingerprint density at radius 2 is 2.06 bits per heavy atom. The molecule has 0 aliphatic heterocycles. The Kier molecular flexibility index (Phi) is 5.47. The van der Waals surface area contributed by atoms with Crippen LogP contribution in [-0.2, 0) is 13.0 Å². The van der Waals surface area contributed by atoms with Crippen molar-refractivity contribution < 1.29 is 0 Å². The first-order valence-corrected chi connectivity index (χ1v) is 6.75. The average molecular weight is 258 g/mol. The first kappa shape index (κ1) is 14.5. The molecule has 0 aliphatic carbocycles. The quantitative estimate of drug-likeness (QED) is 0.849. The van der Waals surface area contributed by atoms with Crippen molar-refractivity contribution in [3.8, 4) is 0 Å². The second-order valence-electron chi connectivity index (χ2n) is 4.93. The highest BCUT2D eigenvalue weighted by Crippen LogP contribution is 2.25. The van der Waals surface area contributed by atoms with Crippen LogP contribution in [0.1, 0.15) is 32.2 Å². The minimum atomic E-state index is 0.596. The molecule has 1 unspecified atom stereocenters. The summed E-state index contributed by atoms with van der Waals surface area (Å²) in [5.41, 5.74) is 2.12. The second kappa shape index (κ2) is 6.41. The van der Waals surface area contributed by atoms with Gasteiger partial charge in [0.2, 0.25) is 0 Å². The predicted molar refractivity (Wildman–Crippen MR) is 73.6 cm³/mol. The normalized spacial score (nSPS) is 13.4. The monoisotopic (exact) mass is 257 g/mol. The molecule has 0 aliphatic rings. The zero-order valence-corrected chi connectivity index (χ0v) is 12.3. The standard InChI is InChI=1S/C13H24ClN3/c1-6-17-12(13(14)10(4)16-17)7-11(8-15-5)9(2)3/h9,11,15H,6-8H2,1-5H3. The van der Waals surface area contributed by atoms with E-state index in [4.69, 9.17) is 11.6 Å². The lowest BCUT2D eigenvalue weighted by molar-refractivity contribution is 0.361. The van der Waals surface area contributed by atoms with Crippen LogP contribution in [0.2, 0.25) is 5.02 Å². The number of hydrogen-bond donors (Lipinski definition) is 1. The van der Waals surface area contributed by atoms with Gasteiger partial charge < -0.3 is 5.32 Å². The fourth-order valence-corrected chi connectivity index (χ4v) is 2.33. The summed E-state index contributed by atoms with van der Waals surface area (Å²) in [7, 11) is 2.00. The number of nitrogens with zero attached hydrogens (tertiary/aromatic N) is 2. The topological polar surface area (TPSA) is 29.9 Å². The second-order valence-corrected chi connectivity index (χ2v) is 5.31. The van der Waals surface area contributed by atoms with Crippen LogP contribution in [0, 0.1) is 18.8 Å². The zero-order valence-electron chi connectivity index (χ0n) is 11.5. The van der Waals surface area contributed by atoms with E-state index in [2.05, 4.69) is 31.2 Å². The number of aromatic nitrogens is 2. The lowest BCUT2D eigenvalue weighted by Gasteiger charge is -2.21. The average Bonchev–Trinajstić information content (AvgIpc) is 2.55. The summed E-state index contributed by atoms with van der Waals surface area (Å²) >= 11 is 6.34. The molecular formula is C13H24ClN3. The van der Waals surface area contributed by atoms with Gasteiger partial charge in [0.15, 0.2) is 0 Å². The summed E-state index contributed by atoms with van der Waals surface area (Å²) in [6, 6.07) is 0. The van der Waals surface area contributed by atoms with E-state index in [0.29, 0.717) is 11.8 Å². The molecule has 3 nitrogen and oxygen atoms in total. The summed E-state index contributed by atoms with van der Waals surface area (Å²) in [6.07, 6.45) is 0.992. The highest BCUT2D eigenvalue weighted by atomic mass is 35.5. The summed E-state index contributed by atoms with van der Waals surface area (Å²) in [5.74, 6) is 1.23. The van der Waals surface area contributed by atoms with Crippen LogP contribution < -0.4 is 5.32 Å². The summed E-state index contributed by atoms with van der Waals surface area (Å²) in [4.78, 5) is 0. The number of aryl methyl sites for hydroxylation is 2. The third-order valence-electron chi connectivity index (χ3n) is 3.32. The van der Waals surface area contributed by atoms with Gasteiger partial charge in [0, 0.05) is 6.54 Å². The van der Waals surface area contributed by atoms with E-state index < -0.39 is 0 Å². The van der Waals surface area contributed by atoms with Gasteiger partial charge in [0.25, 0.3) is 0 Å². The maximum absolute atomic E-state index is 6.34. The first-order chi connectivity index (χ1) is 8.01. The van der Waals surface area contributed by atoms with Gasteiger partial charge in [-0.15, -0.1) is 0 Å². The van der Waals surface area contributed by atoms with Crippen LogP contribution in [0.3, 0.4) is 0 Å². The fourth-order valence-electron chi connectivity index (χ4n) is 2.12. The SMILES string of the molecule is CCn1nc(C)c(Cl)c1CC(CNC)C(C)C. The molecule has 1 atom stereocenters. The summed E-state index contributed by atoms with van der Waals surface area (Å²) < 4.78 is 2.03. The van der Waals surface area contributed by atoms with Gasteiger partial charge in [-0.1, -0.05) is 25.4 Å². The molecule has 0 saturated heterocycles. The molecule has 0 saturated carbocycles. The number of nitrogens with one attached hydrogen (secondary N) is 1. The van der Waals surface area contributed by atoms with Crippen molar-refractivity contribution in [3.05, 3.63) is 16.4 Å². The lowest BCUT2D eigenvalue weighted by atomic mass is 9.91. The highest BCUT2D eigenvalue weighted by molar-refractivity contribution is 6.31. The van der Waals surface area contributed by atoms with Crippen molar-refractivity contribution in [2.45, 2.75) is 40.7 Å². The largest absolute Gasteiger partial charge is 0.319 e. The van der Waals surface area contributed by atoms with Crippen LogP contribution in [0.25, 0.3) is 0 Å². The van der Waals surface area contributed by atoms with E-state index in [1.54, 1.807) is 0 Å². The minimum absolute atomic E-state index is 0.596. The van der Waals surface area contributed by atoms with Crippen LogP contribution in [0.5, 0.6) is 0 Å². The third-order valence-corrected chi connectivity index (χ3v) is 3.81. The molecule has 1 aromatic heterocycles. The molecule has 1 N–H and O–H groups in total. The van der Waals surface area contributed by atoms with E-state index in [9.17, 15) is 0 Å². The Morgan fingerprint density at radius 3 is 2.53 bits per heavy atom. The Morgan fingerprint density at radius 1 is 1.41 bits per heavy atom. The van der Waals surface area contributed by atoms with Crippen molar-refractivity contribution in [1.29, 1.82) is 0 Å². The molecule has 0 amide bonds. The maximum atomic E-state index is 6.34. The molecule has 98 valence electrons. The molecule has 0 aromatic carbocycles. The fraction of sp³-hybridized carbons (Fsp3) is 0.769. The van der Waals surface area contributed by atoms with E-state index >= 15 is 0 Å². The molecular weight excluding hydrogens is 234 g/mol. The number of hydrogen-bond acceptors (Lipinski definition) is 2. The Hall–Kier alpha value is -0.540. The van der Waals surface area contributed by atoms with Gasteiger partial charge in [0.1, 0.15) is 0 Å². The van der Waals surface area contributed by atoms with Gasteiger partial charge in [-0.3, -0.25) is 4.68 Å². The number of rotatable bonds is 6. The molecule has 1 rings (SSSR count).